The van der Waals surface area contributed by atoms with Gasteiger partial charge in [-0.15, -0.1) is 30.4 Å². The normalized spacial score (nSPS) is 12.6. The van der Waals surface area contributed by atoms with Crippen molar-refractivity contribution in [1.82, 2.24) is 10.6 Å². The molecule has 17 heavy (non-hydrogen) atoms. The van der Waals surface area contributed by atoms with Crippen molar-refractivity contribution in [1.29, 1.82) is 0 Å². The lowest BCUT2D eigenvalue weighted by Gasteiger charge is -2.17. The zero-order chi connectivity index (χ0) is 12.4. The molecule has 0 amide bonds. The van der Waals surface area contributed by atoms with E-state index in [1.807, 2.05) is 0 Å². The number of aliphatic imine (C=N–C) groups is 1. The van der Waals surface area contributed by atoms with Gasteiger partial charge < -0.3 is 10.6 Å². The first-order chi connectivity index (χ1) is 7.60. The number of halogens is 1. The number of guanidine groups is 1. The second-order valence-corrected chi connectivity index (χ2v) is 4.50. The molecule has 0 bridgehead atoms. The highest BCUT2D eigenvalue weighted by Crippen LogP contribution is 2.07. The Morgan fingerprint density at radius 1 is 1.29 bits per heavy atom. The Labute approximate surface area is 123 Å². The highest BCUT2D eigenvalue weighted by atomic mass is 127. The van der Waals surface area contributed by atoms with Gasteiger partial charge in [-0.1, -0.05) is 32.6 Å². The summed E-state index contributed by atoms with van der Waals surface area (Å²) in [6, 6.07) is 0.433. The number of nitrogens with one attached hydrogen (secondary N) is 2. The van der Waals surface area contributed by atoms with Crippen LogP contribution in [0.15, 0.2) is 4.99 Å². The average molecular weight is 351 g/mol. The summed E-state index contributed by atoms with van der Waals surface area (Å²) in [5.74, 6) is 4.10. The Hall–Kier alpha value is -0.440. The highest BCUT2D eigenvalue weighted by molar-refractivity contribution is 14.0. The fraction of sp³-hybridized carbons (Fsp3) is 0.769. The molecule has 0 aromatic carbocycles. The molecule has 1 unspecified atom stereocenters. The summed E-state index contributed by atoms with van der Waals surface area (Å²) in [4.78, 5) is 4.11. The third kappa shape index (κ3) is 11.8. The Morgan fingerprint density at radius 3 is 2.41 bits per heavy atom. The Balaban J connectivity index is 0. The number of hydrogen-bond donors (Lipinski definition) is 2. The van der Waals surface area contributed by atoms with E-state index in [0.29, 0.717) is 12.6 Å². The van der Waals surface area contributed by atoms with Gasteiger partial charge in [-0.2, -0.15) is 0 Å². The lowest BCUT2D eigenvalue weighted by molar-refractivity contribution is 0.492. The lowest BCUT2D eigenvalue weighted by atomic mass is 10.0. The minimum Gasteiger partial charge on any atom is -0.354 e. The van der Waals surface area contributed by atoms with Crippen LogP contribution in [-0.4, -0.2) is 25.6 Å². The molecule has 0 heterocycles. The van der Waals surface area contributed by atoms with Crippen LogP contribution in [0.4, 0.5) is 0 Å². The topological polar surface area (TPSA) is 36.4 Å². The second kappa shape index (κ2) is 12.0. The summed E-state index contributed by atoms with van der Waals surface area (Å²) in [7, 11) is 1.76. The number of hydrogen-bond acceptors (Lipinski definition) is 1. The van der Waals surface area contributed by atoms with Gasteiger partial charge in [0.2, 0.25) is 0 Å². The molecule has 0 radical (unpaired) electrons. The van der Waals surface area contributed by atoms with Crippen LogP contribution >= 0.6 is 24.0 Å². The van der Waals surface area contributed by atoms with Crippen molar-refractivity contribution < 1.29 is 0 Å². The molecule has 0 saturated carbocycles. The van der Waals surface area contributed by atoms with Gasteiger partial charge >= 0.3 is 0 Å². The smallest absolute Gasteiger partial charge is 0.191 e. The van der Waals surface area contributed by atoms with Gasteiger partial charge in [0.25, 0.3) is 0 Å². The molecule has 0 aliphatic carbocycles. The number of terminal acetylenes is 1. The first-order valence-electron chi connectivity index (χ1n) is 6.00. The van der Waals surface area contributed by atoms with Crippen molar-refractivity contribution in [3.05, 3.63) is 0 Å². The summed E-state index contributed by atoms with van der Waals surface area (Å²) in [5, 5.41) is 6.37. The van der Waals surface area contributed by atoms with Crippen LogP contribution in [-0.2, 0) is 0 Å². The summed E-state index contributed by atoms with van der Waals surface area (Å²) in [5.41, 5.74) is 0. The fourth-order valence-corrected chi connectivity index (χ4v) is 1.47. The zero-order valence-corrected chi connectivity index (χ0v) is 13.7. The summed E-state index contributed by atoms with van der Waals surface area (Å²) in [6.07, 6.45) is 8.87. The van der Waals surface area contributed by atoms with Crippen molar-refractivity contribution in [2.75, 3.05) is 13.6 Å². The Bertz CT molecular complexity index is 244. The molecule has 3 nitrogen and oxygen atoms in total. The van der Waals surface area contributed by atoms with Gasteiger partial charge in [-0.3, -0.25) is 4.99 Å². The molecule has 0 rings (SSSR count). The summed E-state index contributed by atoms with van der Waals surface area (Å²) < 4.78 is 0. The van der Waals surface area contributed by atoms with Gasteiger partial charge in [0.05, 0.1) is 6.54 Å². The van der Waals surface area contributed by atoms with Crippen molar-refractivity contribution in [3.8, 4) is 12.3 Å². The van der Waals surface area contributed by atoms with Crippen molar-refractivity contribution in [2.24, 2.45) is 10.9 Å². The van der Waals surface area contributed by atoms with E-state index in [1.54, 1.807) is 7.05 Å². The van der Waals surface area contributed by atoms with E-state index in [4.69, 9.17) is 6.42 Å². The highest BCUT2D eigenvalue weighted by Gasteiger charge is 2.04. The first-order valence-corrected chi connectivity index (χ1v) is 6.00. The first kappa shape index (κ1) is 18.9. The molecule has 0 spiro atoms. The van der Waals surface area contributed by atoms with Gasteiger partial charge in [-0.05, 0) is 19.3 Å². The van der Waals surface area contributed by atoms with Gasteiger partial charge in [0.1, 0.15) is 0 Å². The third-order valence-corrected chi connectivity index (χ3v) is 2.38. The van der Waals surface area contributed by atoms with Crippen molar-refractivity contribution in [3.63, 3.8) is 0 Å². The summed E-state index contributed by atoms with van der Waals surface area (Å²) in [6.45, 7) is 7.19. The zero-order valence-electron chi connectivity index (χ0n) is 11.4. The standard InChI is InChI=1S/C13H25N3.HI/c1-6-10-15-13(14-5)16-12(4)9-7-8-11(2)3;/h1,11-12H,7-10H2,2-5H3,(H2,14,15,16);1H. The number of nitrogens with zero attached hydrogens (tertiary/aromatic N) is 1. The SMILES string of the molecule is C#CCNC(=NC)NC(C)CCCC(C)C.I. The maximum Gasteiger partial charge on any atom is 0.191 e. The fourth-order valence-electron chi connectivity index (χ4n) is 1.47. The molecule has 4 heteroatoms. The van der Waals surface area contributed by atoms with Crippen molar-refractivity contribution >= 4 is 29.9 Å². The average Bonchev–Trinajstić information content (AvgIpc) is 2.23. The van der Waals surface area contributed by atoms with E-state index in [-0.39, 0.29) is 24.0 Å². The molecule has 0 aliphatic rings. The van der Waals surface area contributed by atoms with Gasteiger partial charge in [-0.25, -0.2) is 0 Å². The van der Waals surface area contributed by atoms with E-state index in [0.717, 1.165) is 18.3 Å². The van der Waals surface area contributed by atoms with E-state index >= 15 is 0 Å². The van der Waals surface area contributed by atoms with Crippen LogP contribution in [0.25, 0.3) is 0 Å². The molecule has 0 fully saturated rings. The van der Waals surface area contributed by atoms with Crippen LogP contribution in [0.1, 0.15) is 40.0 Å². The molecule has 100 valence electrons. The van der Waals surface area contributed by atoms with E-state index in [1.165, 1.54) is 12.8 Å². The third-order valence-electron chi connectivity index (χ3n) is 2.38. The van der Waals surface area contributed by atoms with Crippen molar-refractivity contribution in [2.45, 2.75) is 46.1 Å². The summed E-state index contributed by atoms with van der Waals surface area (Å²) >= 11 is 0. The molecular weight excluding hydrogens is 325 g/mol. The van der Waals surface area contributed by atoms with Crippen LogP contribution < -0.4 is 10.6 Å². The molecule has 0 saturated heterocycles. The van der Waals surface area contributed by atoms with E-state index < -0.39 is 0 Å². The minimum absolute atomic E-state index is 0. The maximum atomic E-state index is 5.18. The largest absolute Gasteiger partial charge is 0.354 e. The second-order valence-electron chi connectivity index (χ2n) is 4.50. The van der Waals surface area contributed by atoms with Crippen LogP contribution in [0.2, 0.25) is 0 Å². The maximum absolute atomic E-state index is 5.18. The van der Waals surface area contributed by atoms with Gasteiger partial charge in [0, 0.05) is 13.1 Å². The molecular formula is C13H26IN3. The molecule has 2 N–H and O–H groups in total. The Morgan fingerprint density at radius 2 is 1.94 bits per heavy atom. The predicted molar refractivity (Wildman–Crippen MR) is 86.9 cm³/mol. The lowest BCUT2D eigenvalue weighted by Crippen LogP contribution is -2.42. The van der Waals surface area contributed by atoms with Crippen LogP contribution in [0, 0.1) is 18.3 Å². The minimum atomic E-state index is 0. The molecule has 0 aliphatic heterocycles. The molecule has 0 aromatic rings. The quantitative estimate of drug-likeness (QED) is 0.334. The molecule has 0 aromatic heterocycles. The Kier molecular flexibility index (Phi) is 13.4. The van der Waals surface area contributed by atoms with E-state index in [9.17, 15) is 0 Å². The van der Waals surface area contributed by atoms with Gasteiger partial charge in [0.15, 0.2) is 5.96 Å². The predicted octanol–water partition coefficient (Wildman–Crippen LogP) is 2.62. The van der Waals surface area contributed by atoms with Crippen LogP contribution in [0.3, 0.4) is 0 Å². The van der Waals surface area contributed by atoms with E-state index in [2.05, 4.69) is 42.3 Å². The van der Waals surface area contributed by atoms with Crippen LogP contribution in [0.5, 0.6) is 0 Å². The molecule has 1 atom stereocenters. The number of rotatable bonds is 6. The monoisotopic (exact) mass is 351 g/mol.